The topological polar surface area (TPSA) is 29.5 Å². The predicted molar refractivity (Wildman–Crippen MR) is 63.6 cm³/mol. The second-order valence-corrected chi connectivity index (χ2v) is 5.35. The van der Waals surface area contributed by atoms with Crippen LogP contribution in [0.3, 0.4) is 0 Å². The Morgan fingerprint density at radius 1 is 1.50 bits per heavy atom. The predicted octanol–water partition coefficient (Wildman–Crippen LogP) is 2.03. The highest BCUT2D eigenvalue weighted by Crippen LogP contribution is 2.27. The number of piperidine rings is 1. The second kappa shape index (κ2) is 5.37. The molecule has 2 fully saturated rings. The molecule has 2 aliphatic rings. The van der Waals surface area contributed by atoms with E-state index in [0.717, 1.165) is 38.8 Å². The van der Waals surface area contributed by atoms with Crippen molar-refractivity contribution in [3.05, 3.63) is 0 Å². The summed E-state index contributed by atoms with van der Waals surface area (Å²) in [6, 6.07) is 0. The largest absolute Gasteiger partial charge is 0.377 e. The van der Waals surface area contributed by atoms with E-state index in [9.17, 15) is 4.79 Å². The molecule has 0 spiro atoms. The van der Waals surface area contributed by atoms with Gasteiger partial charge in [0.2, 0.25) is 5.91 Å². The minimum absolute atomic E-state index is 0.0759. The highest BCUT2D eigenvalue weighted by molar-refractivity contribution is 6.20. The third kappa shape index (κ3) is 2.51. The summed E-state index contributed by atoms with van der Waals surface area (Å²) in [6.45, 7) is 4.40. The monoisotopic (exact) mass is 245 g/mol. The summed E-state index contributed by atoms with van der Waals surface area (Å²) in [5.41, 5.74) is 0. The van der Waals surface area contributed by atoms with Crippen molar-refractivity contribution in [1.29, 1.82) is 0 Å². The normalized spacial score (nSPS) is 35.4. The van der Waals surface area contributed by atoms with E-state index >= 15 is 0 Å². The van der Waals surface area contributed by atoms with Crippen LogP contribution in [0.5, 0.6) is 0 Å². The van der Waals surface area contributed by atoms with Gasteiger partial charge in [-0.3, -0.25) is 4.79 Å². The van der Waals surface area contributed by atoms with Crippen molar-refractivity contribution in [2.24, 2.45) is 5.92 Å². The molecular formula is C12H20ClNO2. The number of nitrogens with zero attached hydrogens (tertiary/aromatic N) is 1. The molecule has 2 heterocycles. The van der Waals surface area contributed by atoms with Crippen LogP contribution in [0.25, 0.3) is 0 Å². The fourth-order valence-electron chi connectivity index (χ4n) is 2.69. The lowest BCUT2D eigenvalue weighted by molar-refractivity contribution is -0.138. The first-order valence-electron chi connectivity index (χ1n) is 6.26. The van der Waals surface area contributed by atoms with Gasteiger partial charge in [0, 0.05) is 19.7 Å². The second-order valence-electron chi connectivity index (χ2n) is 4.74. The Balaban J connectivity index is 1.95. The molecule has 16 heavy (non-hydrogen) atoms. The molecule has 2 aliphatic heterocycles. The molecule has 1 amide bonds. The van der Waals surface area contributed by atoms with Crippen LogP contribution in [0.15, 0.2) is 0 Å². The third-order valence-corrected chi connectivity index (χ3v) is 3.96. The van der Waals surface area contributed by atoms with Gasteiger partial charge in [0.25, 0.3) is 0 Å². The van der Waals surface area contributed by atoms with Crippen LogP contribution >= 0.6 is 11.6 Å². The zero-order valence-corrected chi connectivity index (χ0v) is 10.6. The van der Waals surface area contributed by atoms with E-state index in [1.807, 2.05) is 4.90 Å². The third-order valence-electron chi connectivity index (χ3n) is 3.60. The lowest BCUT2D eigenvalue weighted by Crippen LogP contribution is -2.45. The Kier molecular flexibility index (Phi) is 4.09. The maximum Gasteiger partial charge on any atom is 0.228 e. The van der Waals surface area contributed by atoms with Crippen LogP contribution in [-0.2, 0) is 9.53 Å². The number of carbonyl (C=O) groups excluding carboxylic acids is 1. The van der Waals surface area contributed by atoms with Crippen molar-refractivity contribution in [3.63, 3.8) is 0 Å². The number of hydrogen-bond donors (Lipinski definition) is 0. The molecule has 3 atom stereocenters. The van der Waals surface area contributed by atoms with Crippen LogP contribution < -0.4 is 0 Å². The molecule has 4 heteroatoms. The average molecular weight is 246 g/mol. The Bertz CT molecular complexity index is 259. The van der Waals surface area contributed by atoms with Gasteiger partial charge in [0.1, 0.15) is 0 Å². The molecule has 0 radical (unpaired) electrons. The van der Waals surface area contributed by atoms with Gasteiger partial charge in [-0.15, -0.1) is 11.6 Å². The molecule has 0 aromatic rings. The molecule has 2 rings (SSSR count). The van der Waals surface area contributed by atoms with Gasteiger partial charge < -0.3 is 9.64 Å². The first-order valence-corrected chi connectivity index (χ1v) is 6.70. The SMILES string of the molecule is CCC1OCCC1C(=O)N1CCCC(Cl)C1. The number of alkyl halides is 1. The standard InChI is InChI=1S/C12H20ClNO2/c1-2-11-10(5-7-16-11)12(15)14-6-3-4-9(13)8-14/h9-11H,2-8H2,1H3. The molecule has 0 aromatic carbocycles. The molecule has 92 valence electrons. The zero-order valence-electron chi connectivity index (χ0n) is 9.82. The van der Waals surface area contributed by atoms with Gasteiger partial charge >= 0.3 is 0 Å². The van der Waals surface area contributed by atoms with Crippen LogP contribution in [0, 0.1) is 5.92 Å². The summed E-state index contributed by atoms with van der Waals surface area (Å²) in [4.78, 5) is 14.2. The first-order chi connectivity index (χ1) is 7.72. The molecule has 2 saturated heterocycles. The lowest BCUT2D eigenvalue weighted by Gasteiger charge is -2.32. The Labute approximate surface area is 102 Å². The number of likely N-dealkylation sites (tertiary alicyclic amines) is 1. The highest BCUT2D eigenvalue weighted by atomic mass is 35.5. The fraction of sp³-hybridized carbons (Fsp3) is 0.917. The van der Waals surface area contributed by atoms with E-state index in [1.165, 1.54) is 0 Å². The fourth-order valence-corrected chi connectivity index (χ4v) is 3.01. The van der Waals surface area contributed by atoms with Crippen molar-refractivity contribution in [2.75, 3.05) is 19.7 Å². The van der Waals surface area contributed by atoms with Gasteiger partial charge in [0.05, 0.1) is 17.4 Å². The minimum atomic E-state index is 0.0759. The minimum Gasteiger partial charge on any atom is -0.377 e. The summed E-state index contributed by atoms with van der Waals surface area (Å²) in [5, 5.41) is 0.139. The van der Waals surface area contributed by atoms with E-state index in [-0.39, 0.29) is 23.3 Å². The number of halogens is 1. The van der Waals surface area contributed by atoms with E-state index in [0.29, 0.717) is 6.54 Å². The van der Waals surface area contributed by atoms with E-state index in [2.05, 4.69) is 6.92 Å². The number of hydrogen-bond acceptors (Lipinski definition) is 2. The smallest absolute Gasteiger partial charge is 0.228 e. The van der Waals surface area contributed by atoms with Gasteiger partial charge in [0.15, 0.2) is 0 Å². The number of carbonyl (C=O) groups is 1. The molecule has 3 unspecified atom stereocenters. The van der Waals surface area contributed by atoms with Gasteiger partial charge in [-0.05, 0) is 25.7 Å². The van der Waals surface area contributed by atoms with Gasteiger partial charge in [-0.25, -0.2) is 0 Å². The van der Waals surface area contributed by atoms with E-state index in [4.69, 9.17) is 16.3 Å². The van der Waals surface area contributed by atoms with Crippen LogP contribution in [-0.4, -0.2) is 42.0 Å². The molecule has 0 aromatic heterocycles. The van der Waals surface area contributed by atoms with Crippen LogP contribution in [0.1, 0.15) is 32.6 Å². The molecule has 0 saturated carbocycles. The number of ether oxygens (including phenoxy) is 1. The maximum absolute atomic E-state index is 12.3. The number of rotatable bonds is 2. The van der Waals surface area contributed by atoms with Gasteiger partial charge in [-0.2, -0.15) is 0 Å². The van der Waals surface area contributed by atoms with Crippen LogP contribution in [0.2, 0.25) is 0 Å². The summed E-state index contributed by atoms with van der Waals surface area (Å²) in [7, 11) is 0. The van der Waals surface area contributed by atoms with Crippen molar-refractivity contribution in [3.8, 4) is 0 Å². The summed E-state index contributed by atoms with van der Waals surface area (Å²) in [5.74, 6) is 0.335. The summed E-state index contributed by atoms with van der Waals surface area (Å²) < 4.78 is 5.57. The Morgan fingerprint density at radius 3 is 3.00 bits per heavy atom. The van der Waals surface area contributed by atoms with Crippen molar-refractivity contribution in [2.45, 2.75) is 44.1 Å². The molecule has 3 nitrogen and oxygen atoms in total. The van der Waals surface area contributed by atoms with Gasteiger partial charge in [-0.1, -0.05) is 6.92 Å². The Morgan fingerprint density at radius 2 is 2.31 bits per heavy atom. The summed E-state index contributed by atoms with van der Waals surface area (Å²) >= 11 is 6.11. The number of amides is 1. The highest BCUT2D eigenvalue weighted by Gasteiger charge is 2.36. The lowest BCUT2D eigenvalue weighted by atomic mass is 9.96. The first kappa shape index (κ1) is 12.2. The molecule has 0 aliphatic carbocycles. The molecule has 0 bridgehead atoms. The maximum atomic E-state index is 12.3. The van der Waals surface area contributed by atoms with E-state index in [1.54, 1.807) is 0 Å². The quantitative estimate of drug-likeness (QED) is 0.697. The van der Waals surface area contributed by atoms with Crippen molar-refractivity contribution >= 4 is 17.5 Å². The Hall–Kier alpha value is -0.280. The van der Waals surface area contributed by atoms with E-state index < -0.39 is 0 Å². The molecular weight excluding hydrogens is 226 g/mol. The van der Waals surface area contributed by atoms with Crippen molar-refractivity contribution < 1.29 is 9.53 Å². The zero-order chi connectivity index (χ0) is 11.5. The average Bonchev–Trinajstić information content (AvgIpc) is 2.76. The molecule has 0 N–H and O–H groups in total. The summed E-state index contributed by atoms with van der Waals surface area (Å²) in [6.07, 6.45) is 3.99. The van der Waals surface area contributed by atoms with Crippen LogP contribution in [0.4, 0.5) is 0 Å². The van der Waals surface area contributed by atoms with Crippen molar-refractivity contribution in [1.82, 2.24) is 4.90 Å².